The fourth-order valence-electron chi connectivity index (χ4n) is 2.87. The number of anilines is 2. The van der Waals surface area contributed by atoms with Crippen LogP contribution in [0.2, 0.25) is 4.34 Å². The SMILES string of the molecule is C#CCN(NC(=O)c1ccc(Cl)s1)C(=O)Nc1ccc(N2CCOCC2=O)c(C)c1. The van der Waals surface area contributed by atoms with Gasteiger partial charge in [0.15, 0.2) is 0 Å². The van der Waals surface area contributed by atoms with Crippen molar-refractivity contribution < 1.29 is 19.1 Å². The number of morpholine rings is 1. The average molecular weight is 447 g/mol. The minimum atomic E-state index is -0.599. The van der Waals surface area contributed by atoms with Crippen LogP contribution >= 0.6 is 22.9 Å². The molecule has 156 valence electrons. The summed E-state index contributed by atoms with van der Waals surface area (Å²) in [5, 5.41) is 3.70. The van der Waals surface area contributed by atoms with Crippen LogP contribution in [-0.2, 0) is 9.53 Å². The minimum Gasteiger partial charge on any atom is -0.370 e. The van der Waals surface area contributed by atoms with Crippen LogP contribution in [0.4, 0.5) is 16.2 Å². The number of halogens is 1. The number of thiophene rings is 1. The Hall–Kier alpha value is -3.06. The van der Waals surface area contributed by atoms with E-state index in [2.05, 4.69) is 16.7 Å². The number of urea groups is 1. The Bertz CT molecular complexity index is 1020. The number of aryl methyl sites for hydroxylation is 1. The zero-order valence-electron chi connectivity index (χ0n) is 16.1. The van der Waals surface area contributed by atoms with Crippen LogP contribution in [0.15, 0.2) is 30.3 Å². The molecular weight excluding hydrogens is 428 g/mol. The van der Waals surface area contributed by atoms with Crippen LogP contribution in [0.5, 0.6) is 0 Å². The molecule has 1 aromatic carbocycles. The van der Waals surface area contributed by atoms with E-state index in [0.717, 1.165) is 27.6 Å². The highest BCUT2D eigenvalue weighted by Crippen LogP contribution is 2.25. The number of carbonyl (C=O) groups excluding carboxylic acids is 3. The van der Waals surface area contributed by atoms with Crippen molar-refractivity contribution >= 4 is 52.2 Å². The molecule has 0 atom stereocenters. The van der Waals surface area contributed by atoms with Gasteiger partial charge in [-0.3, -0.25) is 15.0 Å². The Kier molecular flexibility index (Phi) is 6.95. The molecular formula is C20H19ClN4O4S. The van der Waals surface area contributed by atoms with E-state index in [-0.39, 0.29) is 19.1 Å². The summed E-state index contributed by atoms with van der Waals surface area (Å²) in [4.78, 5) is 39.0. The maximum absolute atomic E-state index is 12.6. The molecule has 1 aromatic heterocycles. The molecule has 2 N–H and O–H groups in total. The molecule has 4 amide bonds. The number of hydrazine groups is 1. The molecule has 0 unspecified atom stereocenters. The largest absolute Gasteiger partial charge is 0.370 e. The number of nitrogens with one attached hydrogen (secondary N) is 2. The van der Waals surface area contributed by atoms with Gasteiger partial charge in [0.2, 0.25) is 0 Å². The minimum absolute atomic E-state index is 0.0497. The summed E-state index contributed by atoms with van der Waals surface area (Å²) in [5.41, 5.74) is 4.54. The van der Waals surface area contributed by atoms with Crippen molar-refractivity contribution in [3.8, 4) is 12.3 Å². The molecule has 0 radical (unpaired) electrons. The van der Waals surface area contributed by atoms with Gasteiger partial charge in [-0.15, -0.1) is 17.8 Å². The standard InChI is InChI=1S/C20H19ClN4O4S/c1-3-8-25(23-19(27)16-6-7-17(21)30-16)20(28)22-14-4-5-15(13(2)11-14)24-9-10-29-12-18(24)26/h1,4-7,11H,8-10,12H2,2H3,(H,22,28)(H,23,27). The Morgan fingerprint density at radius 3 is 2.80 bits per heavy atom. The highest BCUT2D eigenvalue weighted by atomic mass is 35.5. The van der Waals surface area contributed by atoms with Gasteiger partial charge in [-0.1, -0.05) is 17.5 Å². The number of amides is 4. The van der Waals surface area contributed by atoms with Gasteiger partial charge in [0.05, 0.1) is 15.8 Å². The number of rotatable bonds is 4. The lowest BCUT2D eigenvalue weighted by molar-refractivity contribution is -0.125. The van der Waals surface area contributed by atoms with Crippen molar-refractivity contribution in [2.75, 3.05) is 36.5 Å². The molecule has 3 rings (SSSR count). The normalized spacial score (nSPS) is 13.5. The lowest BCUT2D eigenvalue weighted by Crippen LogP contribution is -2.48. The number of hydrogen-bond donors (Lipinski definition) is 2. The second-order valence-corrected chi connectivity index (χ2v) is 8.08. The average Bonchev–Trinajstić information content (AvgIpc) is 3.15. The van der Waals surface area contributed by atoms with Gasteiger partial charge in [0.25, 0.3) is 11.8 Å². The molecule has 1 aliphatic rings. The fraction of sp³-hybridized carbons (Fsp3) is 0.250. The molecule has 1 aliphatic heterocycles. The lowest BCUT2D eigenvalue weighted by Gasteiger charge is -2.28. The first kappa shape index (κ1) is 21.6. The summed E-state index contributed by atoms with van der Waals surface area (Å²) in [5.74, 6) is 1.73. The third-order valence-corrected chi connectivity index (χ3v) is 5.48. The van der Waals surface area contributed by atoms with Crippen LogP contribution in [-0.4, -0.2) is 49.2 Å². The zero-order valence-corrected chi connectivity index (χ0v) is 17.7. The van der Waals surface area contributed by atoms with E-state index in [4.69, 9.17) is 22.8 Å². The van der Waals surface area contributed by atoms with Crippen molar-refractivity contribution in [3.05, 3.63) is 45.1 Å². The summed E-state index contributed by atoms with van der Waals surface area (Å²) < 4.78 is 5.61. The maximum atomic E-state index is 12.6. The molecule has 0 spiro atoms. The topological polar surface area (TPSA) is 91.0 Å². The Labute approximate surface area is 182 Å². The number of benzene rings is 1. The molecule has 2 heterocycles. The van der Waals surface area contributed by atoms with Crippen LogP contribution in [0, 0.1) is 19.3 Å². The number of terminal acetylenes is 1. The second kappa shape index (κ2) is 9.63. The van der Waals surface area contributed by atoms with Gasteiger partial charge in [-0.2, -0.15) is 0 Å². The third kappa shape index (κ3) is 5.10. The maximum Gasteiger partial charge on any atom is 0.341 e. The molecule has 10 heteroatoms. The predicted molar refractivity (Wildman–Crippen MR) is 116 cm³/mol. The summed E-state index contributed by atoms with van der Waals surface area (Å²) in [6.07, 6.45) is 5.33. The van der Waals surface area contributed by atoms with Gasteiger partial charge in [0.1, 0.15) is 13.2 Å². The molecule has 30 heavy (non-hydrogen) atoms. The summed E-state index contributed by atoms with van der Waals surface area (Å²) in [6, 6.07) is 7.73. The van der Waals surface area contributed by atoms with E-state index in [9.17, 15) is 14.4 Å². The monoisotopic (exact) mass is 446 g/mol. The Morgan fingerprint density at radius 2 is 2.17 bits per heavy atom. The van der Waals surface area contributed by atoms with E-state index in [0.29, 0.717) is 28.1 Å². The Morgan fingerprint density at radius 1 is 1.37 bits per heavy atom. The van der Waals surface area contributed by atoms with E-state index in [1.807, 2.05) is 6.92 Å². The number of hydrogen-bond acceptors (Lipinski definition) is 5. The fourth-order valence-corrected chi connectivity index (χ4v) is 3.80. The van der Waals surface area contributed by atoms with E-state index >= 15 is 0 Å². The molecule has 1 saturated heterocycles. The smallest absolute Gasteiger partial charge is 0.341 e. The van der Waals surface area contributed by atoms with Crippen molar-refractivity contribution in [2.45, 2.75) is 6.92 Å². The quantitative estimate of drug-likeness (QED) is 0.558. The van der Waals surface area contributed by atoms with Gasteiger partial charge < -0.3 is 15.0 Å². The number of carbonyl (C=O) groups is 3. The van der Waals surface area contributed by atoms with Crippen LogP contribution in [0.25, 0.3) is 0 Å². The molecule has 2 aromatic rings. The first-order chi connectivity index (χ1) is 14.4. The zero-order chi connectivity index (χ0) is 21.7. The molecule has 0 saturated carbocycles. The summed E-state index contributed by atoms with van der Waals surface area (Å²) in [6.45, 7) is 2.71. The van der Waals surface area contributed by atoms with Crippen molar-refractivity contribution in [3.63, 3.8) is 0 Å². The Balaban J connectivity index is 1.69. The van der Waals surface area contributed by atoms with Crippen LogP contribution < -0.4 is 15.6 Å². The van der Waals surface area contributed by atoms with Crippen LogP contribution in [0.1, 0.15) is 15.2 Å². The van der Waals surface area contributed by atoms with Gasteiger partial charge in [0, 0.05) is 17.9 Å². The van der Waals surface area contributed by atoms with Crippen LogP contribution in [0.3, 0.4) is 0 Å². The van der Waals surface area contributed by atoms with Crippen molar-refractivity contribution in [2.24, 2.45) is 0 Å². The summed E-state index contributed by atoms with van der Waals surface area (Å²) >= 11 is 6.94. The van der Waals surface area contributed by atoms with Crippen molar-refractivity contribution in [1.82, 2.24) is 10.4 Å². The number of ether oxygens (including phenoxy) is 1. The number of nitrogens with zero attached hydrogens (tertiary/aromatic N) is 2. The van der Waals surface area contributed by atoms with Gasteiger partial charge >= 0.3 is 6.03 Å². The molecule has 0 aliphatic carbocycles. The first-order valence-electron chi connectivity index (χ1n) is 8.96. The molecule has 0 bridgehead atoms. The van der Waals surface area contributed by atoms with Gasteiger partial charge in [-0.05, 0) is 42.8 Å². The predicted octanol–water partition coefficient (Wildman–Crippen LogP) is 2.89. The second-order valence-electron chi connectivity index (χ2n) is 6.36. The van der Waals surface area contributed by atoms with Gasteiger partial charge in [-0.25, -0.2) is 9.80 Å². The summed E-state index contributed by atoms with van der Waals surface area (Å²) in [7, 11) is 0. The van der Waals surface area contributed by atoms with Crippen molar-refractivity contribution in [1.29, 1.82) is 0 Å². The first-order valence-corrected chi connectivity index (χ1v) is 10.2. The van der Waals surface area contributed by atoms with E-state index < -0.39 is 11.9 Å². The third-order valence-electron chi connectivity index (χ3n) is 4.25. The van der Waals surface area contributed by atoms with E-state index in [1.54, 1.807) is 35.2 Å². The molecule has 8 nitrogen and oxygen atoms in total. The highest BCUT2D eigenvalue weighted by Gasteiger charge is 2.22. The lowest BCUT2D eigenvalue weighted by atomic mass is 10.1. The molecule has 1 fully saturated rings. The van der Waals surface area contributed by atoms with E-state index in [1.165, 1.54) is 0 Å². The highest BCUT2D eigenvalue weighted by molar-refractivity contribution is 7.18.